The minimum absolute atomic E-state index is 0.987. The van der Waals surface area contributed by atoms with Gasteiger partial charge in [-0.3, -0.25) is 0 Å². The summed E-state index contributed by atoms with van der Waals surface area (Å²) in [5, 5.41) is 1.32. The molecule has 0 bridgehead atoms. The topological polar surface area (TPSA) is 4.93 Å². The molecule has 2 rings (SSSR count). The molecule has 0 spiro atoms. The van der Waals surface area contributed by atoms with Crippen molar-refractivity contribution in [2.45, 2.75) is 20.4 Å². The van der Waals surface area contributed by atoms with E-state index in [1.54, 1.807) is 0 Å². The van der Waals surface area contributed by atoms with Crippen LogP contribution in [0.25, 0.3) is 10.9 Å². The Morgan fingerprint density at radius 2 is 2.00 bits per heavy atom. The summed E-state index contributed by atoms with van der Waals surface area (Å²) in [6, 6.07) is 6.41. The van der Waals surface area contributed by atoms with E-state index < -0.39 is 0 Å². The van der Waals surface area contributed by atoms with Gasteiger partial charge in [-0.15, -0.1) is 0 Å². The predicted octanol–water partition coefficient (Wildman–Crippen LogP) is 4.49. The number of benzene rings is 1. The molecule has 0 N–H and O–H groups in total. The van der Waals surface area contributed by atoms with Crippen LogP contribution in [-0.2, 0) is 6.54 Å². The summed E-state index contributed by atoms with van der Waals surface area (Å²) in [4.78, 5) is 0. The van der Waals surface area contributed by atoms with Crippen LogP contribution in [0.4, 0.5) is 0 Å². The highest BCUT2D eigenvalue weighted by Crippen LogP contribution is 2.31. The average Bonchev–Trinajstić information content (AvgIpc) is 2.39. The predicted molar refractivity (Wildman–Crippen MR) is 67.7 cm³/mol. The number of aryl methyl sites for hydroxylation is 2. The van der Waals surface area contributed by atoms with Gasteiger partial charge in [0.15, 0.2) is 0 Å². The molecule has 0 aliphatic carbocycles. The van der Waals surface area contributed by atoms with Gasteiger partial charge >= 0.3 is 0 Å². The summed E-state index contributed by atoms with van der Waals surface area (Å²) in [6.07, 6.45) is 0. The van der Waals surface area contributed by atoms with Gasteiger partial charge in [0.05, 0.1) is 10.1 Å². The Kier molecular flexibility index (Phi) is 2.71. The SMILES string of the molecule is CCn1c(Br)c(C)c2ccc(Br)cc21. The third-order valence-electron chi connectivity index (χ3n) is 2.52. The molecular weight excluding hydrogens is 306 g/mol. The van der Waals surface area contributed by atoms with Gasteiger partial charge in [-0.05, 0) is 47.5 Å². The molecule has 74 valence electrons. The number of nitrogens with zero attached hydrogens (tertiary/aromatic N) is 1. The lowest BCUT2D eigenvalue weighted by Crippen LogP contribution is -1.93. The molecule has 1 aromatic carbocycles. The van der Waals surface area contributed by atoms with Crippen molar-refractivity contribution in [2.24, 2.45) is 0 Å². The van der Waals surface area contributed by atoms with Crippen molar-refractivity contribution in [3.63, 3.8) is 0 Å². The van der Waals surface area contributed by atoms with Crippen molar-refractivity contribution in [1.82, 2.24) is 4.57 Å². The maximum atomic E-state index is 3.63. The molecule has 0 saturated heterocycles. The van der Waals surface area contributed by atoms with Crippen LogP contribution in [0.2, 0.25) is 0 Å². The standard InChI is InChI=1S/C11H11Br2N/c1-3-14-10-6-8(12)4-5-9(10)7(2)11(14)13/h4-6H,3H2,1-2H3. The molecule has 1 nitrogen and oxygen atoms in total. The summed E-state index contributed by atoms with van der Waals surface area (Å²) in [7, 11) is 0. The smallest absolute Gasteiger partial charge is 0.0886 e. The van der Waals surface area contributed by atoms with Crippen molar-refractivity contribution in [3.05, 3.63) is 32.8 Å². The molecule has 14 heavy (non-hydrogen) atoms. The van der Waals surface area contributed by atoms with Crippen LogP contribution >= 0.6 is 31.9 Å². The lowest BCUT2D eigenvalue weighted by molar-refractivity contribution is 0.776. The zero-order valence-electron chi connectivity index (χ0n) is 8.14. The van der Waals surface area contributed by atoms with E-state index in [4.69, 9.17) is 0 Å². The zero-order valence-corrected chi connectivity index (χ0v) is 11.3. The first kappa shape index (κ1) is 10.2. The van der Waals surface area contributed by atoms with Gasteiger partial charge < -0.3 is 4.57 Å². The summed E-state index contributed by atoms with van der Waals surface area (Å²) in [6.45, 7) is 5.29. The quantitative estimate of drug-likeness (QED) is 0.730. The Bertz CT molecular complexity index is 485. The second kappa shape index (κ2) is 3.70. The molecular formula is C11H11Br2N. The maximum absolute atomic E-state index is 3.63. The molecule has 0 unspecified atom stereocenters. The van der Waals surface area contributed by atoms with Crippen LogP contribution in [-0.4, -0.2) is 4.57 Å². The Morgan fingerprint density at radius 3 is 2.64 bits per heavy atom. The van der Waals surface area contributed by atoms with E-state index in [0.717, 1.165) is 11.0 Å². The largest absolute Gasteiger partial charge is 0.335 e. The first-order valence-corrected chi connectivity index (χ1v) is 6.17. The first-order chi connectivity index (χ1) is 6.65. The van der Waals surface area contributed by atoms with Gasteiger partial charge in [-0.25, -0.2) is 0 Å². The maximum Gasteiger partial charge on any atom is 0.0886 e. The molecule has 0 aliphatic rings. The fourth-order valence-corrected chi connectivity index (χ4v) is 2.78. The number of halogens is 2. The zero-order chi connectivity index (χ0) is 10.3. The van der Waals surface area contributed by atoms with Gasteiger partial charge in [0.2, 0.25) is 0 Å². The van der Waals surface area contributed by atoms with Crippen molar-refractivity contribution in [3.8, 4) is 0 Å². The van der Waals surface area contributed by atoms with Gasteiger partial charge in [-0.2, -0.15) is 0 Å². The average molecular weight is 317 g/mol. The highest BCUT2D eigenvalue weighted by Gasteiger charge is 2.10. The fourth-order valence-electron chi connectivity index (χ4n) is 1.77. The minimum Gasteiger partial charge on any atom is -0.335 e. The van der Waals surface area contributed by atoms with E-state index in [9.17, 15) is 0 Å². The Labute approximate surface area is 100 Å². The van der Waals surface area contributed by atoms with E-state index in [2.05, 4.69) is 68.5 Å². The second-order valence-corrected chi connectivity index (χ2v) is 4.99. The number of hydrogen-bond acceptors (Lipinski definition) is 0. The molecule has 0 radical (unpaired) electrons. The minimum atomic E-state index is 0.987. The van der Waals surface area contributed by atoms with Gasteiger partial charge in [0, 0.05) is 16.4 Å². The van der Waals surface area contributed by atoms with Crippen LogP contribution in [0.1, 0.15) is 12.5 Å². The van der Waals surface area contributed by atoms with Crippen molar-refractivity contribution in [2.75, 3.05) is 0 Å². The number of hydrogen-bond donors (Lipinski definition) is 0. The Balaban J connectivity index is 2.89. The van der Waals surface area contributed by atoms with Crippen molar-refractivity contribution in [1.29, 1.82) is 0 Å². The van der Waals surface area contributed by atoms with E-state index >= 15 is 0 Å². The summed E-state index contributed by atoms with van der Waals surface area (Å²) < 4.78 is 4.59. The van der Waals surface area contributed by atoms with Crippen molar-refractivity contribution >= 4 is 42.8 Å². The fraction of sp³-hybridized carbons (Fsp3) is 0.273. The monoisotopic (exact) mass is 315 g/mol. The van der Waals surface area contributed by atoms with Crippen LogP contribution in [0, 0.1) is 6.92 Å². The molecule has 0 fully saturated rings. The number of aromatic nitrogens is 1. The van der Waals surface area contributed by atoms with Gasteiger partial charge in [-0.1, -0.05) is 22.0 Å². The molecule has 0 aliphatic heterocycles. The highest BCUT2D eigenvalue weighted by molar-refractivity contribution is 9.10. The second-order valence-electron chi connectivity index (χ2n) is 3.32. The molecule has 1 aromatic heterocycles. The Hall–Kier alpha value is -0.280. The molecule has 0 amide bonds. The van der Waals surface area contributed by atoms with Crippen molar-refractivity contribution < 1.29 is 0 Å². The lowest BCUT2D eigenvalue weighted by Gasteiger charge is -2.02. The van der Waals surface area contributed by atoms with E-state index in [0.29, 0.717) is 0 Å². The third-order valence-corrected chi connectivity index (χ3v) is 4.03. The van der Waals surface area contributed by atoms with Crippen LogP contribution in [0.5, 0.6) is 0 Å². The third kappa shape index (κ3) is 1.43. The van der Waals surface area contributed by atoms with Gasteiger partial charge in [0.1, 0.15) is 0 Å². The van der Waals surface area contributed by atoms with Crippen LogP contribution in [0.15, 0.2) is 27.3 Å². The van der Waals surface area contributed by atoms with Gasteiger partial charge in [0.25, 0.3) is 0 Å². The first-order valence-electron chi connectivity index (χ1n) is 4.59. The molecule has 0 atom stereocenters. The van der Waals surface area contributed by atoms with E-state index in [-0.39, 0.29) is 0 Å². The summed E-state index contributed by atoms with van der Waals surface area (Å²) in [5.74, 6) is 0. The van der Waals surface area contributed by atoms with E-state index in [1.165, 1.54) is 21.1 Å². The molecule has 2 aromatic rings. The molecule has 1 heterocycles. The number of fused-ring (bicyclic) bond motifs is 1. The normalized spacial score (nSPS) is 11.1. The summed E-state index contributed by atoms with van der Waals surface area (Å²) >= 11 is 7.13. The molecule has 3 heteroatoms. The Morgan fingerprint density at radius 1 is 1.29 bits per heavy atom. The van der Waals surface area contributed by atoms with Crippen LogP contribution < -0.4 is 0 Å². The lowest BCUT2D eigenvalue weighted by atomic mass is 10.2. The number of rotatable bonds is 1. The summed E-state index contributed by atoms with van der Waals surface area (Å²) in [5.41, 5.74) is 2.60. The van der Waals surface area contributed by atoms with E-state index in [1.807, 2.05) is 0 Å². The van der Waals surface area contributed by atoms with Crippen LogP contribution in [0.3, 0.4) is 0 Å². The highest BCUT2D eigenvalue weighted by atomic mass is 79.9. The molecule has 0 saturated carbocycles.